The van der Waals surface area contributed by atoms with E-state index in [0.29, 0.717) is 13.1 Å². The maximum absolute atomic E-state index is 11.9. The Morgan fingerprint density at radius 1 is 1.28 bits per heavy atom. The lowest BCUT2D eigenvalue weighted by molar-refractivity contribution is 0.412. The third kappa shape index (κ3) is 2.51. The molecule has 5 heteroatoms. The molecule has 96 valence electrons. The number of methoxy groups -OCH3 is 1. The topological polar surface area (TPSA) is 36.2 Å². The molecule has 1 heterocycles. The first-order valence-corrected chi connectivity index (χ1v) is 6.53. The fraction of sp³-hybridized carbons (Fsp3) is 0.308. The first-order chi connectivity index (χ1) is 8.65. The average molecular weight is 311 g/mol. The Labute approximate surface area is 114 Å². The maximum Gasteiger partial charge on any atom is 0.328 e. The zero-order valence-corrected chi connectivity index (χ0v) is 12.0. The molecule has 0 fully saturated rings. The molecule has 1 aromatic heterocycles. The van der Waals surface area contributed by atoms with Gasteiger partial charge in [-0.1, -0.05) is 6.07 Å². The van der Waals surface area contributed by atoms with E-state index in [9.17, 15) is 4.79 Å². The van der Waals surface area contributed by atoms with Gasteiger partial charge in [0.2, 0.25) is 0 Å². The molecule has 0 bridgehead atoms. The number of hydrogen-bond donors (Lipinski definition) is 0. The minimum atomic E-state index is 0.0180. The monoisotopic (exact) mass is 310 g/mol. The molecule has 0 radical (unpaired) electrons. The van der Waals surface area contributed by atoms with Gasteiger partial charge >= 0.3 is 5.69 Å². The van der Waals surface area contributed by atoms with Crippen molar-refractivity contribution < 1.29 is 4.74 Å². The lowest BCUT2D eigenvalue weighted by atomic mass is 10.2. The zero-order valence-electron chi connectivity index (χ0n) is 10.4. The van der Waals surface area contributed by atoms with Gasteiger partial charge in [-0.05, 0) is 40.5 Å². The number of aryl methyl sites for hydroxylation is 1. The van der Waals surface area contributed by atoms with Crippen LogP contribution in [0.2, 0.25) is 0 Å². The number of imidazole rings is 1. The van der Waals surface area contributed by atoms with Crippen LogP contribution in [0, 0.1) is 0 Å². The molecule has 0 spiro atoms. The minimum Gasteiger partial charge on any atom is -0.496 e. The Hall–Kier alpha value is -1.49. The molecule has 0 atom stereocenters. The Morgan fingerprint density at radius 3 is 2.56 bits per heavy atom. The van der Waals surface area contributed by atoms with E-state index >= 15 is 0 Å². The van der Waals surface area contributed by atoms with Crippen LogP contribution in [0.4, 0.5) is 0 Å². The van der Waals surface area contributed by atoms with E-state index in [1.165, 1.54) is 0 Å². The Balaban J connectivity index is 2.26. The van der Waals surface area contributed by atoms with Crippen molar-refractivity contribution in [2.75, 3.05) is 7.11 Å². The van der Waals surface area contributed by atoms with Crippen molar-refractivity contribution in [1.82, 2.24) is 9.13 Å². The summed E-state index contributed by atoms with van der Waals surface area (Å²) in [6.07, 6.45) is 3.62. The van der Waals surface area contributed by atoms with Gasteiger partial charge in [0.25, 0.3) is 0 Å². The van der Waals surface area contributed by atoms with Crippen LogP contribution < -0.4 is 10.4 Å². The summed E-state index contributed by atoms with van der Waals surface area (Å²) < 4.78 is 9.44. The number of benzene rings is 1. The molecule has 0 aliphatic rings. The third-order valence-corrected chi connectivity index (χ3v) is 3.45. The van der Waals surface area contributed by atoms with E-state index in [4.69, 9.17) is 4.74 Å². The Bertz CT molecular complexity index is 601. The Kier molecular flexibility index (Phi) is 3.91. The van der Waals surface area contributed by atoms with Gasteiger partial charge in [0, 0.05) is 18.9 Å². The van der Waals surface area contributed by atoms with Gasteiger partial charge in [-0.15, -0.1) is 0 Å². The molecule has 0 N–H and O–H groups in total. The van der Waals surface area contributed by atoms with Crippen molar-refractivity contribution in [2.24, 2.45) is 0 Å². The third-order valence-electron chi connectivity index (χ3n) is 2.83. The van der Waals surface area contributed by atoms with Crippen LogP contribution in [0.3, 0.4) is 0 Å². The summed E-state index contributed by atoms with van der Waals surface area (Å²) in [6, 6.07) is 5.81. The summed E-state index contributed by atoms with van der Waals surface area (Å²) in [6.45, 7) is 3.21. The number of nitrogens with zero attached hydrogens (tertiary/aromatic N) is 2. The van der Waals surface area contributed by atoms with Crippen LogP contribution in [0.15, 0.2) is 39.9 Å². The van der Waals surface area contributed by atoms with Crippen LogP contribution in [-0.4, -0.2) is 16.2 Å². The predicted octanol–water partition coefficient (Wildman–Crippen LogP) is 2.49. The standard InChI is InChI=1S/C13H15BrN2O2/c1-3-15-6-7-16(13(15)17)9-10-4-5-12(18-2)11(14)8-10/h4-8H,3,9H2,1-2H3. The van der Waals surface area contributed by atoms with E-state index in [-0.39, 0.29) is 5.69 Å². The lowest BCUT2D eigenvalue weighted by Crippen LogP contribution is -2.23. The minimum absolute atomic E-state index is 0.0180. The summed E-state index contributed by atoms with van der Waals surface area (Å²) in [5, 5.41) is 0. The van der Waals surface area contributed by atoms with Gasteiger partial charge in [0.15, 0.2) is 0 Å². The van der Waals surface area contributed by atoms with Gasteiger partial charge in [0.1, 0.15) is 5.75 Å². The van der Waals surface area contributed by atoms with E-state index in [1.54, 1.807) is 22.4 Å². The van der Waals surface area contributed by atoms with Crippen LogP contribution in [-0.2, 0) is 13.1 Å². The number of halogens is 1. The van der Waals surface area contributed by atoms with Gasteiger partial charge in [-0.3, -0.25) is 9.13 Å². The predicted molar refractivity (Wildman–Crippen MR) is 74.2 cm³/mol. The van der Waals surface area contributed by atoms with Crippen LogP contribution in [0.1, 0.15) is 12.5 Å². The highest BCUT2D eigenvalue weighted by Gasteiger charge is 2.05. The average Bonchev–Trinajstić information content (AvgIpc) is 2.71. The normalized spacial score (nSPS) is 10.6. The Morgan fingerprint density at radius 2 is 2.00 bits per heavy atom. The second-order valence-electron chi connectivity index (χ2n) is 3.96. The first-order valence-electron chi connectivity index (χ1n) is 5.73. The maximum atomic E-state index is 11.9. The van der Waals surface area contributed by atoms with Crippen molar-refractivity contribution in [1.29, 1.82) is 0 Å². The van der Waals surface area contributed by atoms with E-state index in [2.05, 4.69) is 15.9 Å². The lowest BCUT2D eigenvalue weighted by Gasteiger charge is -2.06. The second kappa shape index (κ2) is 5.44. The highest BCUT2D eigenvalue weighted by molar-refractivity contribution is 9.10. The van der Waals surface area contributed by atoms with Crippen molar-refractivity contribution in [3.8, 4) is 5.75 Å². The molecule has 0 aliphatic heterocycles. The van der Waals surface area contributed by atoms with Crippen molar-refractivity contribution in [2.45, 2.75) is 20.0 Å². The molecule has 0 saturated heterocycles. The quantitative estimate of drug-likeness (QED) is 0.870. The van der Waals surface area contributed by atoms with E-state index in [1.807, 2.05) is 31.3 Å². The summed E-state index contributed by atoms with van der Waals surface area (Å²) >= 11 is 3.44. The van der Waals surface area contributed by atoms with Gasteiger partial charge in [-0.25, -0.2) is 4.79 Å². The van der Waals surface area contributed by atoms with Crippen molar-refractivity contribution in [3.05, 3.63) is 51.1 Å². The molecule has 2 aromatic rings. The SMILES string of the molecule is CCn1ccn(Cc2ccc(OC)c(Br)c2)c1=O. The van der Waals surface area contributed by atoms with Crippen molar-refractivity contribution in [3.63, 3.8) is 0 Å². The fourth-order valence-electron chi connectivity index (χ4n) is 1.82. The summed E-state index contributed by atoms with van der Waals surface area (Å²) in [4.78, 5) is 11.9. The number of hydrogen-bond acceptors (Lipinski definition) is 2. The summed E-state index contributed by atoms with van der Waals surface area (Å²) in [7, 11) is 1.63. The van der Waals surface area contributed by atoms with Crippen LogP contribution in [0.25, 0.3) is 0 Å². The highest BCUT2D eigenvalue weighted by Crippen LogP contribution is 2.25. The number of rotatable bonds is 4. The van der Waals surface area contributed by atoms with Gasteiger partial charge in [-0.2, -0.15) is 0 Å². The molecule has 0 unspecified atom stereocenters. The summed E-state index contributed by atoms with van der Waals surface area (Å²) in [5.41, 5.74) is 1.07. The molecule has 0 amide bonds. The first kappa shape index (κ1) is 13.0. The number of ether oxygens (including phenoxy) is 1. The van der Waals surface area contributed by atoms with Gasteiger partial charge < -0.3 is 4.74 Å². The molecule has 4 nitrogen and oxygen atoms in total. The van der Waals surface area contributed by atoms with E-state index < -0.39 is 0 Å². The van der Waals surface area contributed by atoms with E-state index in [0.717, 1.165) is 15.8 Å². The second-order valence-corrected chi connectivity index (χ2v) is 4.82. The fourth-order valence-corrected chi connectivity index (χ4v) is 2.41. The highest BCUT2D eigenvalue weighted by atomic mass is 79.9. The van der Waals surface area contributed by atoms with Gasteiger partial charge in [0.05, 0.1) is 18.1 Å². The molecule has 18 heavy (non-hydrogen) atoms. The molecule has 0 saturated carbocycles. The number of aromatic nitrogens is 2. The van der Waals surface area contributed by atoms with Crippen LogP contribution in [0.5, 0.6) is 5.75 Å². The summed E-state index contributed by atoms with van der Waals surface area (Å²) in [5.74, 6) is 0.789. The molecular weight excluding hydrogens is 296 g/mol. The smallest absolute Gasteiger partial charge is 0.328 e. The molecule has 1 aromatic carbocycles. The molecular formula is C13H15BrN2O2. The van der Waals surface area contributed by atoms with Crippen molar-refractivity contribution >= 4 is 15.9 Å². The zero-order chi connectivity index (χ0) is 13.1. The van der Waals surface area contributed by atoms with Crippen LogP contribution >= 0.6 is 15.9 Å². The molecule has 2 rings (SSSR count). The molecule has 0 aliphatic carbocycles. The largest absolute Gasteiger partial charge is 0.496 e.